The van der Waals surface area contributed by atoms with Gasteiger partial charge in [0.2, 0.25) is 21.7 Å². The van der Waals surface area contributed by atoms with E-state index in [9.17, 15) is 18.0 Å². The highest BCUT2D eigenvalue weighted by Gasteiger charge is 2.31. The molecule has 2 aromatic rings. The lowest BCUT2D eigenvalue weighted by Gasteiger charge is -2.37. The van der Waals surface area contributed by atoms with Crippen molar-refractivity contribution in [1.82, 2.24) is 24.2 Å². The zero-order valence-corrected chi connectivity index (χ0v) is 19.9. The molecule has 2 amide bonds. The summed E-state index contributed by atoms with van der Waals surface area (Å²) < 4.78 is 32.1. The van der Waals surface area contributed by atoms with Crippen LogP contribution >= 0.6 is 11.6 Å². The topological polar surface area (TPSA) is 107 Å². The van der Waals surface area contributed by atoms with Gasteiger partial charge in [-0.25, -0.2) is 8.42 Å². The third-order valence-corrected chi connectivity index (χ3v) is 8.06. The van der Waals surface area contributed by atoms with E-state index in [0.29, 0.717) is 50.0 Å². The van der Waals surface area contributed by atoms with E-state index in [1.807, 2.05) is 4.90 Å². The monoisotopic (exact) mass is 495 g/mol. The molecule has 2 saturated heterocycles. The minimum Gasteiger partial charge on any atom is -0.351 e. The second-order valence-electron chi connectivity index (χ2n) is 8.14. The number of benzene rings is 1. The average molecular weight is 496 g/mol. The number of piperazine rings is 2. The zero-order valence-electron chi connectivity index (χ0n) is 18.3. The smallest absolute Gasteiger partial charge is 0.292 e. The zero-order chi connectivity index (χ0) is 23.6. The summed E-state index contributed by atoms with van der Waals surface area (Å²) in [6.45, 7) is 5.34. The fraction of sp³-hybridized carbons (Fsp3) is 0.476. The second kappa shape index (κ2) is 9.80. The Labute approximate surface area is 197 Å². The van der Waals surface area contributed by atoms with Crippen LogP contribution in [0.5, 0.6) is 0 Å². The molecule has 10 nitrogen and oxygen atoms in total. The Morgan fingerprint density at radius 3 is 2.15 bits per heavy atom. The highest BCUT2D eigenvalue weighted by Crippen LogP contribution is 2.20. The Kier molecular flexibility index (Phi) is 7.03. The number of aromatic nitrogens is 1. The molecule has 1 aromatic heterocycles. The first-order valence-corrected chi connectivity index (χ1v) is 12.5. The van der Waals surface area contributed by atoms with E-state index < -0.39 is 10.0 Å². The Bertz CT molecular complexity index is 1100. The number of nitrogens with zero attached hydrogens (tertiary/aromatic N) is 5. The van der Waals surface area contributed by atoms with Crippen molar-refractivity contribution >= 4 is 33.4 Å². The number of hydrogen-bond donors (Lipinski definition) is 0. The Hall–Kier alpha value is -2.47. The first kappa shape index (κ1) is 23.7. The van der Waals surface area contributed by atoms with Crippen LogP contribution in [0.15, 0.2) is 39.8 Å². The molecule has 0 N–H and O–H groups in total. The number of rotatable bonds is 5. The van der Waals surface area contributed by atoms with Crippen molar-refractivity contribution in [1.29, 1.82) is 0 Å². The maximum atomic E-state index is 12.8. The molecule has 0 saturated carbocycles. The van der Waals surface area contributed by atoms with Crippen LogP contribution in [0, 0.1) is 6.92 Å². The van der Waals surface area contributed by atoms with Gasteiger partial charge < -0.3 is 14.3 Å². The highest BCUT2D eigenvalue weighted by molar-refractivity contribution is 7.89. The average Bonchev–Trinajstić information content (AvgIpc) is 3.26. The number of hydrogen-bond acceptors (Lipinski definition) is 7. The molecule has 12 heteroatoms. The molecule has 0 unspecified atom stereocenters. The summed E-state index contributed by atoms with van der Waals surface area (Å²) in [5.74, 6) is -0.00720. The predicted octanol–water partition coefficient (Wildman–Crippen LogP) is 0.927. The van der Waals surface area contributed by atoms with Crippen LogP contribution < -0.4 is 0 Å². The predicted molar refractivity (Wildman–Crippen MR) is 120 cm³/mol. The molecule has 1 aromatic carbocycles. The lowest BCUT2D eigenvalue weighted by atomic mass is 10.2. The molecule has 4 rings (SSSR count). The summed E-state index contributed by atoms with van der Waals surface area (Å²) in [5, 5.41) is 4.22. The van der Waals surface area contributed by atoms with Crippen molar-refractivity contribution in [3.63, 3.8) is 0 Å². The normalized spacial score (nSPS) is 18.5. The van der Waals surface area contributed by atoms with E-state index in [-0.39, 0.29) is 42.1 Å². The van der Waals surface area contributed by atoms with Crippen LogP contribution in [0.4, 0.5) is 0 Å². The van der Waals surface area contributed by atoms with Gasteiger partial charge in [0.25, 0.3) is 5.91 Å². The second-order valence-corrected chi connectivity index (χ2v) is 10.5. The Morgan fingerprint density at radius 1 is 0.970 bits per heavy atom. The van der Waals surface area contributed by atoms with E-state index in [1.54, 1.807) is 34.9 Å². The first-order chi connectivity index (χ1) is 15.7. The lowest BCUT2D eigenvalue weighted by molar-refractivity contribution is -0.133. The number of carbonyl (C=O) groups is 2. The van der Waals surface area contributed by atoms with Crippen molar-refractivity contribution in [3.8, 4) is 0 Å². The van der Waals surface area contributed by atoms with Crippen LogP contribution in [-0.4, -0.2) is 103 Å². The van der Waals surface area contributed by atoms with Crippen LogP contribution in [0.2, 0.25) is 5.02 Å². The van der Waals surface area contributed by atoms with Gasteiger partial charge in [0.1, 0.15) is 0 Å². The molecule has 0 bridgehead atoms. The Morgan fingerprint density at radius 2 is 1.58 bits per heavy atom. The summed E-state index contributed by atoms with van der Waals surface area (Å²) >= 11 is 5.85. The molecule has 2 aliphatic rings. The fourth-order valence-corrected chi connectivity index (χ4v) is 5.50. The maximum Gasteiger partial charge on any atom is 0.292 e. The quantitative estimate of drug-likeness (QED) is 0.607. The number of sulfonamides is 1. The third kappa shape index (κ3) is 5.37. The maximum absolute atomic E-state index is 12.8. The highest BCUT2D eigenvalue weighted by atomic mass is 35.5. The molecule has 2 aliphatic heterocycles. The summed E-state index contributed by atoms with van der Waals surface area (Å²) in [6, 6.07) is 7.69. The summed E-state index contributed by atoms with van der Waals surface area (Å²) in [6.07, 6.45) is 0. The van der Waals surface area contributed by atoms with Gasteiger partial charge in [-0.3, -0.25) is 14.5 Å². The van der Waals surface area contributed by atoms with Gasteiger partial charge in [0.15, 0.2) is 0 Å². The first-order valence-electron chi connectivity index (χ1n) is 10.7. The number of amides is 2. The van der Waals surface area contributed by atoms with Gasteiger partial charge in [-0.1, -0.05) is 16.8 Å². The molecular formula is C21H26ClN5O5S. The van der Waals surface area contributed by atoms with Gasteiger partial charge >= 0.3 is 0 Å². The molecule has 0 atom stereocenters. The van der Waals surface area contributed by atoms with Crippen LogP contribution in [0.1, 0.15) is 16.2 Å². The molecule has 0 aliphatic carbocycles. The SMILES string of the molecule is Cc1cc(C(=O)N2CCN(CC(=O)N3CCN(S(=O)(=O)c4ccc(Cl)cc4)CC3)CC2)on1. The van der Waals surface area contributed by atoms with E-state index in [1.165, 1.54) is 16.4 Å². The van der Waals surface area contributed by atoms with Gasteiger partial charge in [-0.2, -0.15) is 4.31 Å². The molecular weight excluding hydrogens is 470 g/mol. The summed E-state index contributed by atoms with van der Waals surface area (Å²) in [5.41, 5.74) is 0.656. The van der Waals surface area contributed by atoms with E-state index in [2.05, 4.69) is 5.16 Å². The minimum atomic E-state index is -3.61. The van der Waals surface area contributed by atoms with Crippen LogP contribution in [0.25, 0.3) is 0 Å². The van der Waals surface area contributed by atoms with Crippen molar-refractivity contribution < 1.29 is 22.5 Å². The van der Waals surface area contributed by atoms with Crippen molar-refractivity contribution in [3.05, 3.63) is 46.8 Å². The Balaban J connectivity index is 1.24. The standard InChI is InChI=1S/C21H26ClN5O5S/c1-16-14-19(32-23-16)21(29)26-8-6-24(7-9-26)15-20(28)25-10-12-27(13-11-25)33(30,31)18-4-2-17(22)3-5-18/h2-5,14H,6-13,15H2,1H3. The molecule has 0 radical (unpaired) electrons. The van der Waals surface area contributed by atoms with Gasteiger partial charge in [-0.05, 0) is 31.2 Å². The van der Waals surface area contributed by atoms with Crippen molar-refractivity contribution in [2.45, 2.75) is 11.8 Å². The minimum absolute atomic E-state index is 0.0378. The molecule has 178 valence electrons. The van der Waals surface area contributed by atoms with E-state index in [4.69, 9.17) is 16.1 Å². The van der Waals surface area contributed by atoms with Crippen molar-refractivity contribution in [2.24, 2.45) is 0 Å². The molecule has 33 heavy (non-hydrogen) atoms. The lowest BCUT2D eigenvalue weighted by Crippen LogP contribution is -2.55. The summed E-state index contributed by atoms with van der Waals surface area (Å²) in [4.78, 5) is 30.8. The molecule has 2 fully saturated rings. The van der Waals surface area contributed by atoms with E-state index in [0.717, 1.165) is 0 Å². The fourth-order valence-electron chi connectivity index (χ4n) is 3.95. The third-order valence-electron chi connectivity index (χ3n) is 5.90. The molecule has 0 spiro atoms. The van der Waals surface area contributed by atoms with Crippen LogP contribution in [0.3, 0.4) is 0 Å². The van der Waals surface area contributed by atoms with Crippen LogP contribution in [-0.2, 0) is 14.8 Å². The largest absolute Gasteiger partial charge is 0.351 e. The molecule has 3 heterocycles. The van der Waals surface area contributed by atoms with Gasteiger partial charge in [0.05, 0.1) is 17.1 Å². The van der Waals surface area contributed by atoms with Gasteiger partial charge in [-0.15, -0.1) is 0 Å². The van der Waals surface area contributed by atoms with Crippen molar-refractivity contribution in [2.75, 3.05) is 58.9 Å². The number of halogens is 1. The summed E-state index contributed by atoms with van der Waals surface area (Å²) in [7, 11) is -3.61. The van der Waals surface area contributed by atoms with E-state index >= 15 is 0 Å². The van der Waals surface area contributed by atoms with Gasteiger partial charge in [0, 0.05) is 63.4 Å². The number of aryl methyl sites for hydroxylation is 1. The number of carbonyl (C=O) groups excluding carboxylic acids is 2.